The lowest BCUT2D eigenvalue weighted by atomic mass is 10.1. The van der Waals surface area contributed by atoms with Crippen molar-refractivity contribution < 1.29 is 13.9 Å². The molecule has 0 amide bonds. The van der Waals surface area contributed by atoms with Gasteiger partial charge in [-0.1, -0.05) is 24.3 Å². The lowest BCUT2D eigenvalue weighted by Gasteiger charge is -2.06. The summed E-state index contributed by atoms with van der Waals surface area (Å²) in [6.07, 6.45) is 0.622. The van der Waals surface area contributed by atoms with Crippen molar-refractivity contribution in [2.24, 2.45) is 0 Å². The van der Waals surface area contributed by atoms with Crippen LogP contribution < -0.4 is 0 Å². The topological polar surface area (TPSA) is 65.2 Å². The predicted molar refractivity (Wildman–Crippen MR) is 81.1 cm³/mol. The monoisotopic (exact) mass is 306 g/mol. The van der Waals surface area contributed by atoms with Gasteiger partial charge in [0.2, 0.25) is 11.8 Å². The smallest absolute Gasteiger partial charge is 0.318 e. The average Bonchev–Trinajstić information content (AvgIpc) is 2.94. The number of hydrogen-bond acceptors (Lipinski definition) is 6. The Hall–Kier alpha value is -1.82. The third-order valence-corrected chi connectivity index (χ3v) is 4.21. The van der Waals surface area contributed by atoms with Crippen LogP contribution in [-0.2, 0) is 21.7 Å². The Labute approximate surface area is 128 Å². The molecule has 0 radical (unpaired) electrons. The average molecular weight is 306 g/mol. The van der Waals surface area contributed by atoms with E-state index in [0.717, 1.165) is 0 Å². The molecule has 1 heterocycles. The van der Waals surface area contributed by atoms with Crippen LogP contribution in [0.25, 0.3) is 0 Å². The highest BCUT2D eigenvalue weighted by Gasteiger charge is 2.16. The molecule has 1 atom stereocenters. The molecular formula is C15H18N2O3S. The fraction of sp³-hybridized carbons (Fsp3) is 0.400. The van der Waals surface area contributed by atoms with Gasteiger partial charge in [0.05, 0.1) is 19.3 Å². The SMILES string of the molecule is COC(=O)C(C)SCc1nnc(Cc2ccccc2C)o1. The molecule has 0 aliphatic heterocycles. The predicted octanol–water partition coefficient (Wildman–Crippen LogP) is 2.76. The van der Waals surface area contributed by atoms with Crippen LogP contribution in [0.1, 0.15) is 29.8 Å². The summed E-state index contributed by atoms with van der Waals surface area (Å²) in [5.74, 6) is 1.36. The van der Waals surface area contributed by atoms with Crippen LogP contribution in [0.4, 0.5) is 0 Å². The summed E-state index contributed by atoms with van der Waals surface area (Å²) < 4.78 is 10.3. The number of rotatable bonds is 6. The summed E-state index contributed by atoms with van der Waals surface area (Å²) in [7, 11) is 1.38. The van der Waals surface area contributed by atoms with E-state index in [1.54, 1.807) is 6.92 Å². The Bertz CT molecular complexity index is 612. The molecule has 0 spiro atoms. The number of methoxy groups -OCH3 is 1. The quantitative estimate of drug-likeness (QED) is 0.765. The second-order valence-electron chi connectivity index (χ2n) is 4.67. The molecule has 0 aliphatic carbocycles. The molecule has 5 nitrogen and oxygen atoms in total. The zero-order valence-electron chi connectivity index (χ0n) is 12.3. The lowest BCUT2D eigenvalue weighted by Crippen LogP contribution is -2.14. The highest BCUT2D eigenvalue weighted by molar-refractivity contribution is 7.99. The van der Waals surface area contributed by atoms with Crippen LogP contribution in [0.5, 0.6) is 0 Å². The molecule has 21 heavy (non-hydrogen) atoms. The van der Waals surface area contributed by atoms with E-state index in [2.05, 4.69) is 27.9 Å². The van der Waals surface area contributed by atoms with E-state index in [0.29, 0.717) is 24.0 Å². The van der Waals surface area contributed by atoms with Crippen molar-refractivity contribution in [3.8, 4) is 0 Å². The molecule has 0 N–H and O–H groups in total. The standard InChI is InChI=1S/C15H18N2O3S/c1-10-6-4-5-7-12(10)8-13-16-17-14(20-13)9-21-11(2)15(18)19-3/h4-7,11H,8-9H2,1-3H3. The molecule has 1 aromatic heterocycles. The van der Waals surface area contributed by atoms with E-state index >= 15 is 0 Å². The van der Waals surface area contributed by atoms with Crippen LogP contribution in [0.3, 0.4) is 0 Å². The third-order valence-electron chi connectivity index (χ3n) is 3.10. The maximum absolute atomic E-state index is 11.3. The van der Waals surface area contributed by atoms with E-state index in [4.69, 9.17) is 4.42 Å². The van der Waals surface area contributed by atoms with Gasteiger partial charge in [-0.2, -0.15) is 0 Å². The van der Waals surface area contributed by atoms with Crippen LogP contribution in [0, 0.1) is 6.92 Å². The van der Waals surface area contributed by atoms with Crippen molar-refractivity contribution in [3.05, 3.63) is 47.2 Å². The molecule has 0 aliphatic rings. The Morgan fingerprint density at radius 2 is 2.05 bits per heavy atom. The minimum absolute atomic E-state index is 0.248. The molecular weight excluding hydrogens is 288 g/mol. The number of ether oxygens (including phenoxy) is 1. The Kier molecular flexibility index (Phi) is 5.38. The second kappa shape index (κ2) is 7.26. The molecule has 1 aromatic carbocycles. The summed E-state index contributed by atoms with van der Waals surface area (Å²) in [5, 5.41) is 7.81. The molecule has 0 saturated heterocycles. The summed E-state index contributed by atoms with van der Waals surface area (Å²) in [6, 6.07) is 8.10. The zero-order chi connectivity index (χ0) is 15.2. The van der Waals surface area contributed by atoms with Crippen molar-refractivity contribution in [1.29, 1.82) is 0 Å². The first-order chi connectivity index (χ1) is 10.1. The molecule has 2 rings (SSSR count). The lowest BCUT2D eigenvalue weighted by molar-refractivity contribution is -0.139. The number of carbonyl (C=O) groups excluding carboxylic acids is 1. The summed E-state index contributed by atoms with van der Waals surface area (Å²) >= 11 is 1.41. The van der Waals surface area contributed by atoms with Gasteiger partial charge in [0.25, 0.3) is 0 Å². The van der Waals surface area contributed by atoms with Crippen LogP contribution in [0.2, 0.25) is 0 Å². The van der Waals surface area contributed by atoms with E-state index in [-0.39, 0.29) is 11.2 Å². The Balaban J connectivity index is 1.93. The number of carbonyl (C=O) groups is 1. The first-order valence-corrected chi connectivity index (χ1v) is 7.70. The van der Waals surface area contributed by atoms with Gasteiger partial charge >= 0.3 is 5.97 Å². The fourth-order valence-corrected chi connectivity index (χ4v) is 2.56. The first kappa shape index (κ1) is 15.6. The number of nitrogens with zero attached hydrogens (tertiary/aromatic N) is 2. The van der Waals surface area contributed by atoms with Crippen LogP contribution in [-0.4, -0.2) is 28.5 Å². The number of aromatic nitrogens is 2. The molecule has 0 saturated carbocycles. The number of hydrogen-bond donors (Lipinski definition) is 0. The highest BCUT2D eigenvalue weighted by Crippen LogP contribution is 2.19. The van der Waals surface area contributed by atoms with Gasteiger partial charge in [-0.3, -0.25) is 4.79 Å². The third kappa shape index (κ3) is 4.32. The molecule has 112 valence electrons. The first-order valence-electron chi connectivity index (χ1n) is 6.65. The molecule has 0 bridgehead atoms. The normalized spacial score (nSPS) is 12.1. The van der Waals surface area contributed by atoms with Gasteiger partial charge in [0, 0.05) is 0 Å². The van der Waals surface area contributed by atoms with Crippen molar-refractivity contribution in [3.63, 3.8) is 0 Å². The van der Waals surface area contributed by atoms with Crippen LogP contribution in [0.15, 0.2) is 28.7 Å². The molecule has 2 aromatic rings. The van der Waals surface area contributed by atoms with E-state index in [1.165, 1.54) is 30.0 Å². The number of thioether (sulfide) groups is 1. The van der Waals surface area contributed by atoms with Gasteiger partial charge in [0.15, 0.2) is 0 Å². The maximum atomic E-state index is 11.3. The maximum Gasteiger partial charge on any atom is 0.318 e. The second-order valence-corrected chi connectivity index (χ2v) is 6.00. The van der Waals surface area contributed by atoms with E-state index in [9.17, 15) is 4.79 Å². The fourth-order valence-electron chi connectivity index (χ4n) is 1.82. The summed E-state index contributed by atoms with van der Waals surface area (Å²) in [4.78, 5) is 11.3. The Morgan fingerprint density at radius 1 is 1.33 bits per heavy atom. The molecule has 1 unspecified atom stereocenters. The van der Waals surface area contributed by atoms with Crippen molar-refractivity contribution in [2.75, 3.05) is 7.11 Å². The molecule has 0 fully saturated rings. The number of esters is 1. The van der Waals surface area contributed by atoms with Crippen molar-refractivity contribution in [2.45, 2.75) is 31.3 Å². The van der Waals surface area contributed by atoms with Gasteiger partial charge in [-0.25, -0.2) is 0 Å². The Morgan fingerprint density at radius 3 is 2.76 bits per heavy atom. The number of benzene rings is 1. The van der Waals surface area contributed by atoms with Crippen molar-refractivity contribution >= 4 is 17.7 Å². The largest absolute Gasteiger partial charge is 0.468 e. The van der Waals surface area contributed by atoms with Gasteiger partial charge in [-0.05, 0) is 25.0 Å². The molecule has 6 heteroatoms. The number of aryl methyl sites for hydroxylation is 1. The van der Waals surface area contributed by atoms with Gasteiger partial charge in [0.1, 0.15) is 5.25 Å². The van der Waals surface area contributed by atoms with E-state index in [1.807, 2.05) is 18.2 Å². The highest BCUT2D eigenvalue weighted by atomic mass is 32.2. The van der Waals surface area contributed by atoms with Crippen molar-refractivity contribution in [1.82, 2.24) is 10.2 Å². The van der Waals surface area contributed by atoms with Gasteiger partial charge < -0.3 is 9.15 Å². The van der Waals surface area contributed by atoms with Crippen LogP contribution >= 0.6 is 11.8 Å². The van der Waals surface area contributed by atoms with E-state index < -0.39 is 0 Å². The summed E-state index contributed by atoms with van der Waals surface area (Å²) in [5.41, 5.74) is 2.37. The summed E-state index contributed by atoms with van der Waals surface area (Å²) in [6.45, 7) is 3.85. The minimum Gasteiger partial charge on any atom is -0.468 e. The minimum atomic E-state index is -0.250. The zero-order valence-corrected chi connectivity index (χ0v) is 13.1. The van der Waals surface area contributed by atoms with Gasteiger partial charge in [-0.15, -0.1) is 22.0 Å².